The van der Waals surface area contributed by atoms with Crippen LogP contribution in [0.5, 0.6) is 0 Å². The highest BCUT2D eigenvalue weighted by Gasteiger charge is 2.53. The van der Waals surface area contributed by atoms with E-state index in [4.69, 9.17) is 39.0 Å². The zero-order chi connectivity index (χ0) is 37.4. The van der Waals surface area contributed by atoms with Crippen LogP contribution in [0, 0.1) is 0 Å². The van der Waals surface area contributed by atoms with Crippen molar-refractivity contribution in [1.29, 1.82) is 0 Å². The number of ether oxygens (including phenoxy) is 2. The van der Waals surface area contributed by atoms with E-state index in [0.29, 0.717) is 18.0 Å². The fourth-order valence-corrected chi connectivity index (χ4v) is 9.74. The van der Waals surface area contributed by atoms with E-state index in [1.165, 1.54) is 17.2 Å². The number of aromatic nitrogens is 7. The van der Waals surface area contributed by atoms with Crippen molar-refractivity contribution in [3.63, 3.8) is 0 Å². The summed E-state index contributed by atoms with van der Waals surface area (Å²) >= 11 is 8.39. The van der Waals surface area contributed by atoms with Gasteiger partial charge < -0.3 is 46.4 Å². The van der Waals surface area contributed by atoms with Gasteiger partial charge in [-0.05, 0) is 32.3 Å². The highest BCUT2D eigenvalue weighted by atomic mass is 32.7. The SMILES string of the molecule is CC(C)(N)CNc1nc(N)c2ncn([C@@H]3O[C@@H]4COP(=O)(S)O[C@H]5[C@@H](O)[C@H](n6cc7c8c(ncnc86)NCCC7)O[C@@H]5COP(=O)(S)O[C@@H]3[C@@H]4O)c2n1. The van der Waals surface area contributed by atoms with Crippen molar-refractivity contribution in [3.05, 3.63) is 24.4 Å². The number of anilines is 3. The summed E-state index contributed by atoms with van der Waals surface area (Å²) in [5, 5.41) is 30.1. The molecule has 0 saturated carbocycles. The molecular weight excluding hydrogens is 776 g/mol. The molecule has 3 saturated heterocycles. The Balaban J connectivity index is 1.09. The number of hydrogen-bond donors (Lipinski definition) is 8. The molecule has 53 heavy (non-hydrogen) atoms. The molecule has 3 fully saturated rings. The second kappa shape index (κ2) is 13.8. The molecule has 0 aliphatic carbocycles. The molecule has 4 aromatic rings. The molecule has 25 heteroatoms. The maximum Gasteiger partial charge on any atom is 0.386 e. The molecule has 2 bridgehead atoms. The fourth-order valence-electron chi connectivity index (χ4n) is 6.79. The molecule has 10 atom stereocenters. The van der Waals surface area contributed by atoms with Crippen molar-refractivity contribution in [3.8, 4) is 0 Å². The average Bonchev–Trinajstić information content (AvgIpc) is 3.79. The van der Waals surface area contributed by atoms with Gasteiger partial charge in [-0.3, -0.25) is 22.7 Å². The highest BCUT2D eigenvalue weighted by Crippen LogP contribution is 2.60. The minimum atomic E-state index is -4.36. The van der Waals surface area contributed by atoms with Gasteiger partial charge in [0.05, 0.1) is 24.9 Å². The Morgan fingerprint density at radius 2 is 1.70 bits per heavy atom. The Morgan fingerprint density at radius 1 is 0.981 bits per heavy atom. The van der Waals surface area contributed by atoms with E-state index in [9.17, 15) is 19.3 Å². The molecule has 0 spiro atoms. The maximum absolute atomic E-state index is 13.9. The van der Waals surface area contributed by atoms with Crippen LogP contribution in [-0.2, 0) is 43.1 Å². The number of fused-ring (bicyclic) bond motifs is 4. The first-order valence-electron chi connectivity index (χ1n) is 16.7. The predicted molar refractivity (Wildman–Crippen MR) is 195 cm³/mol. The van der Waals surface area contributed by atoms with Crippen LogP contribution in [0.3, 0.4) is 0 Å². The number of nitrogens with two attached hydrogens (primary N) is 2. The Bertz CT molecular complexity index is 2140. The Kier molecular flexibility index (Phi) is 9.74. The quantitative estimate of drug-likeness (QED) is 0.105. The molecule has 4 aliphatic rings. The number of aliphatic hydroxyl groups is 2. The van der Waals surface area contributed by atoms with Gasteiger partial charge in [0, 0.05) is 24.8 Å². The summed E-state index contributed by atoms with van der Waals surface area (Å²) in [5.41, 5.74) is 13.5. The normalized spacial score (nSPS) is 35.2. The first-order valence-corrected chi connectivity index (χ1v) is 22.1. The molecule has 4 aromatic heterocycles. The first kappa shape index (κ1) is 37.3. The predicted octanol–water partition coefficient (Wildman–Crippen LogP) is 1.77. The lowest BCUT2D eigenvalue weighted by Gasteiger charge is -2.26. The number of nitrogens with one attached hydrogen (secondary N) is 2. The van der Waals surface area contributed by atoms with Gasteiger partial charge >= 0.3 is 13.6 Å². The molecule has 288 valence electrons. The lowest BCUT2D eigenvalue weighted by molar-refractivity contribution is -0.0574. The molecule has 21 nitrogen and oxygen atoms in total. The number of hydrogen-bond acceptors (Lipinski definition) is 19. The molecule has 8 heterocycles. The fraction of sp³-hybridized carbons (Fsp3) is 0.607. The third kappa shape index (κ3) is 7.28. The van der Waals surface area contributed by atoms with E-state index < -0.39 is 81.4 Å². The molecule has 0 aromatic carbocycles. The van der Waals surface area contributed by atoms with Gasteiger partial charge in [-0.25, -0.2) is 24.1 Å². The monoisotopic (exact) mass is 815 g/mol. The van der Waals surface area contributed by atoms with Crippen LogP contribution in [0.1, 0.15) is 38.3 Å². The van der Waals surface area contributed by atoms with Crippen LogP contribution >= 0.6 is 38.1 Å². The van der Waals surface area contributed by atoms with Crippen LogP contribution < -0.4 is 22.1 Å². The summed E-state index contributed by atoms with van der Waals surface area (Å²) in [6, 6.07) is 0. The molecule has 8 rings (SSSR count). The van der Waals surface area contributed by atoms with Crippen molar-refractivity contribution in [2.24, 2.45) is 5.73 Å². The largest absolute Gasteiger partial charge is 0.387 e. The number of aryl methyl sites for hydroxylation is 1. The van der Waals surface area contributed by atoms with E-state index in [-0.39, 0.29) is 22.9 Å². The van der Waals surface area contributed by atoms with Crippen molar-refractivity contribution in [1.82, 2.24) is 34.1 Å². The van der Waals surface area contributed by atoms with Crippen LogP contribution in [0.4, 0.5) is 17.6 Å². The van der Waals surface area contributed by atoms with Crippen LogP contribution in [0.2, 0.25) is 0 Å². The van der Waals surface area contributed by atoms with Gasteiger partial charge in [-0.1, -0.05) is 24.5 Å². The van der Waals surface area contributed by atoms with Crippen molar-refractivity contribution >= 4 is 77.9 Å². The second-order valence-electron chi connectivity index (χ2n) is 13.9. The number of thiol groups is 2. The summed E-state index contributed by atoms with van der Waals surface area (Å²) in [6.45, 7) is -5.06. The molecule has 8 N–H and O–H groups in total. The number of nitrogens with zero attached hydrogens (tertiary/aromatic N) is 7. The van der Waals surface area contributed by atoms with Gasteiger partial charge in [-0.15, -0.1) is 0 Å². The minimum Gasteiger partial charge on any atom is -0.387 e. The molecule has 4 aliphatic heterocycles. The van der Waals surface area contributed by atoms with Crippen LogP contribution in [-0.4, -0.2) is 113 Å². The van der Waals surface area contributed by atoms with E-state index in [1.807, 2.05) is 20.0 Å². The number of rotatable bonds is 5. The Hall–Kier alpha value is -2.63. The van der Waals surface area contributed by atoms with Gasteiger partial charge in [0.25, 0.3) is 0 Å². The van der Waals surface area contributed by atoms with Gasteiger partial charge in [0.1, 0.15) is 59.9 Å². The maximum atomic E-state index is 13.9. The van der Waals surface area contributed by atoms with Crippen molar-refractivity contribution in [2.45, 2.75) is 81.3 Å². The minimum absolute atomic E-state index is 0.0454. The molecular formula is C28H39N11O10P2S2. The van der Waals surface area contributed by atoms with Crippen LogP contribution in [0.25, 0.3) is 22.2 Å². The summed E-state index contributed by atoms with van der Waals surface area (Å²) < 4.78 is 66.0. The lowest BCUT2D eigenvalue weighted by atomic mass is 10.1. The Labute approximate surface area is 312 Å². The third-order valence-electron chi connectivity index (χ3n) is 9.24. The van der Waals surface area contributed by atoms with Gasteiger partial charge in [0.15, 0.2) is 23.9 Å². The van der Waals surface area contributed by atoms with E-state index in [2.05, 4.69) is 60.1 Å². The summed E-state index contributed by atoms with van der Waals surface area (Å²) in [7, 11) is 0. The van der Waals surface area contributed by atoms with E-state index in [1.54, 1.807) is 4.57 Å². The topological polar surface area (TPSA) is 280 Å². The second-order valence-corrected chi connectivity index (χ2v) is 19.6. The highest BCUT2D eigenvalue weighted by molar-refractivity contribution is 8.44. The first-order chi connectivity index (χ1) is 25.1. The van der Waals surface area contributed by atoms with E-state index >= 15 is 0 Å². The smallest absolute Gasteiger partial charge is 0.386 e. The zero-order valence-electron chi connectivity index (χ0n) is 28.3. The number of imidazole rings is 1. The lowest BCUT2D eigenvalue weighted by Crippen LogP contribution is -2.40. The average molecular weight is 816 g/mol. The Morgan fingerprint density at radius 3 is 2.45 bits per heavy atom. The molecule has 2 unspecified atom stereocenters. The zero-order valence-corrected chi connectivity index (χ0v) is 31.9. The van der Waals surface area contributed by atoms with Crippen molar-refractivity contribution < 1.29 is 46.9 Å². The van der Waals surface area contributed by atoms with Crippen molar-refractivity contribution in [2.75, 3.05) is 42.7 Å². The number of aliphatic hydroxyl groups excluding tert-OH is 2. The molecule has 0 radical (unpaired) electrons. The standard InChI is InChI=1S/C28H39N11O10P2S2/c1-28(2,30)9-32-27-36-21(29)16-24(37-27)39(11-35-16)26-20-17(40)13(46-26)7-44-50(42,52)48-19-14(8-45-51(43,53)49-20)47-25(18(19)41)38-6-12-4-3-5-31-22-15(12)23(38)34-10-33-22/h6,10-11,13-14,17-20,25-26,40-41H,3-5,7-9,30H2,1-2H3,(H,42,52)(H,43,53)(H,31,33,34)(H3,29,32,36,37)/t13-,14-,17-,18-,19-,20-,25-,26-,50?,51?/m1/s1. The van der Waals surface area contributed by atoms with E-state index in [0.717, 1.165) is 30.3 Å². The molecule has 0 amide bonds. The third-order valence-corrected chi connectivity index (χ3v) is 12.5. The summed E-state index contributed by atoms with van der Waals surface area (Å²) in [5.74, 6) is 0.846. The van der Waals surface area contributed by atoms with Crippen LogP contribution in [0.15, 0.2) is 18.9 Å². The summed E-state index contributed by atoms with van der Waals surface area (Å²) in [6.07, 6.45) is -4.46. The number of nitrogen functional groups attached to an aromatic ring is 1. The van der Waals surface area contributed by atoms with Gasteiger partial charge in [0.2, 0.25) is 5.95 Å². The summed E-state index contributed by atoms with van der Waals surface area (Å²) in [4.78, 5) is 21.9. The van der Waals surface area contributed by atoms with Gasteiger partial charge in [-0.2, -0.15) is 9.97 Å².